The highest BCUT2D eigenvalue weighted by molar-refractivity contribution is 7.17. The topological polar surface area (TPSA) is 74.7 Å². The van der Waals surface area contributed by atoms with Crippen molar-refractivity contribution in [1.82, 2.24) is 9.99 Å². The van der Waals surface area contributed by atoms with E-state index in [2.05, 4.69) is 15.4 Å². The average molecular weight is 383 g/mol. The van der Waals surface area contributed by atoms with Gasteiger partial charge in [-0.25, -0.2) is 4.98 Å². The van der Waals surface area contributed by atoms with Crippen LogP contribution in [0.3, 0.4) is 0 Å². The molecule has 1 aromatic heterocycles. The summed E-state index contributed by atoms with van der Waals surface area (Å²) in [5, 5.41) is 8.83. The summed E-state index contributed by atoms with van der Waals surface area (Å²) in [4.78, 5) is 29.4. The molecule has 0 spiro atoms. The van der Waals surface area contributed by atoms with E-state index in [1.54, 1.807) is 24.3 Å². The monoisotopic (exact) mass is 382 g/mol. The minimum Gasteiger partial charge on any atom is -0.331 e. The van der Waals surface area contributed by atoms with Gasteiger partial charge >= 0.3 is 0 Å². The third-order valence-corrected chi connectivity index (χ3v) is 5.00. The van der Waals surface area contributed by atoms with Gasteiger partial charge in [-0.15, -0.1) is 0 Å². The van der Waals surface area contributed by atoms with Crippen molar-refractivity contribution in [1.29, 1.82) is 0 Å². The number of carbonyl (C=O) groups is 2. The summed E-state index contributed by atoms with van der Waals surface area (Å²) in [5.74, 6) is -0.907. The van der Waals surface area contributed by atoms with E-state index in [1.165, 1.54) is 17.6 Å². The number of amides is 2. The smallest absolute Gasteiger partial charge is 0.282 e. The maximum absolute atomic E-state index is 12.3. The lowest BCUT2D eigenvalue weighted by Crippen LogP contribution is -2.23. The third kappa shape index (κ3) is 2.98. The molecule has 2 aromatic carbocycles. The molecule has 2 heterocycles. The molecule has 0 fully saturated rings. The Morgan fingerprint density at radius 3 is 2.27 bits per heavy atom. The van der Waals surface area contributed by atoms with Gasteiger partial charge in [0.2, 0.25) is 0 Å². The lowest BCUT2D eigenvalue weighted by molar-refractivity contribution is 0.0660. The minimum absolute atomic E-state index is 0.244. The molecule has 3 aromatic rings. The molecule has 0 aliphatic carbocycles. The molecule has 6 nitrogen and oxygen atoms in total. The van der Waals surface area contributed by atoms with Crippen molar-refractivity contribution in [3.63, 3.8) is 0 Å². The van der Waals surface area contributed by atoms with Crippen LogP contribution in [0, 0.1) is 0 Å². The fourth-order valence-electron chi connectivity index (χ4n) is 2.48. The quantitative estimate of drug-likeness (QED) is 0.542. The van der Waals surface area contributed by atoms with Gasteiger partial charge in [-0.3, -0.25) is 9.59 Å². The molecule has 4 rings (SSSR count). The summed E-state index contributed by atoms with van der Waals surface area (Å²) in [6, 6.07) is 16.2. The van der Waals surface area contributed by atoms with Gasteiger partial charge in [0, 0.05) is 5.69 Å². The van der Waals surface area contributed by atoms with Crippen LogP contribution >= 0.6 is 22.9 Å². The molecule has 0 saturated heterocycles. The van der Waals surface area contributed by atoms with Crippen LogP contribution in [-0.2, 0) is 0 Å². The first-order valence-electron chi connectivity index (χ1n) is 7.63. The second-order valence-electron chi connectivity index (χ2n) is 5.38. The summed E-state index contributed by atoms with van der Waals surface area (Å²) >= 11 is 7.41. The van der Waals surface area contributed by atoms with Crippen LogP contribution < -0.4 is 5.32 Å². The first kappa shape index (κ1) is 16.4. The van der Waals surface area contributed by atoms with Crippen molar-refractivity contribution in [2.45, 2.75) is 0 Å². The van der Waals surface area contributed by atoms with Gasteiger partial charge in [-0.1, -0.05) is 53.3 Å². The first-order valence-corrected chi connectivity index (χ1v) is 8.83. The first-order chi connectivity index (χ1) is 12.6. The van der Waals surface area contributed by atoms with E-state index in [4.69, 9.17) is 11.6 Å². The van der Waals surface area contributed by atoms with Gasteiger partial charge in [0.25, 0.3) is 11.8 Å². The summed E-state index contributed by atoms with van der Waals surface area (Å²) in [5.41, 5.74) is 1.56. The Kier molecular flexibility index (Phi) is 4.24. The SMILES string of the molecule is O=C1c2ccccc2C(=O)N1/N=C/c1sc(Nc2ccccc2)nc1Cl. The number of anilines is 2. The number of benzene rings is 2. The third-order valence-electron chi connectivity index (χ3n) is 3.70. The number of fused-ring (bicyclic) bond motifs is 1. The Morgan fingerprint density at radius 2 is 1.62 bits per heavy atom. The number of hydrogen-bond acceptors (Lipinski definition) is 6. The predicted octanol–water partition coefficient (Wildman–Crippen LogP) is 4.17. The Morgan fingerprint density at radius 1 is 1.00 bits per heavy atom. The van der Waals surface area contributed by atoms with E-state index in [0.29, 0.717) is 21.1 Å². The number of carbonyl (C=O) groups excluding carboxylic acids is 2. The van der Waals surface area contributed by atoms with Crippen LogP contribution in [0.5, 0.6) is 0 Å². The standard InChI is InChI=1S/C18H11ClN4O2S/c19-15-14(26-18(22-15)21-11-6-2-1-3-7-11)10-20-23-16(24)12-8-4-5-9-13(12)17(23)25/h1-10H,(H,21,22)/b20-10+. The van der Waals surface area contributed by atoms with Crippen LogP contribution in [0.4, 0.5) is 10.8 Å². The van der Waals surface area contributed by atoms with Crippen LogP contribution in [-0.4, -0.2) is 28.0 Å². The van der Waals surface area contributed by atoms with Gasteiger partial charge in [0.15, 0.2) is 10.3 Å². The molecule has 26 heavy (non-hydrogen) atoms. The highest BCUT2D eigenvalue weighted by Crippen LogP contribution is 2.28. The number of imide groups is 1. The Hall–Kier alpha value is -3.03. The van der Waals surface area contributed by atoms with Gasteiger partial charge in [-0.2, -0.15) is 10.1 Å². The Labute approximate surface area is 157 Å². The number of nitrogens with zero attached hydrogens (tertiary/aromatic N) is 3. The lowest BCUT2D eigenvalue weighted by Gasteiger charge is -2.04. The van der Waals surface area contributed by atoms with E-state index in [9.17, 15) is 9.59 Å². The molecule has 0 radical (unpaired) electrons. The van der Waals surface area contributed by atoms with Crippen molar-refractivity contribution in [3.8, 4) is 0 Å². The zero-order chi connectivity index (χ0) is 18.1. The summed E-state index contributed by atoms with van der Waals surface area (Å²) in [7, 11) is 0. The van der Waals surface area contributed by atoms with E-state index >= 15 is 0 Å². The number of rotatable bonds is 4. The van der Waals surface area contributed by atoms with Crippen molar-refractivity contribution in [2.24, 2.45) is 5.10 Å². The molecule has 1 aliphatic heterocycles. The number of hydrazone groups is 1. The highest BCUT2D eigenvalue weighted by atomic mass is 35.5. The fourth-order valence-corrected chi connectivity index (χ4v) is 3.53. The van der Waals surface area contributed by atoms with Gasteiger partial charge in [-0.05, 0) is 24.3 Å². The lowest BCUT2D eigenvalue weighted by atomic mass is 10.1. The van der Waals surface area contributed by atoms with Gasteiger partial charge in [0.1, 0.15) is 0 Å². The van der Waals surface area contributed by atoms with Crippen LogP contribution in [0.1, 0.15) is 25.6 Å². The van der Waals surface area contributed by atoms with E-state index in [-0.39, 0.29) is 5.15 Å². The molecular weight excluding hydrogens is 372 g/mol. The number of thiazole rings is 1. The summed E-state index contributed by atoms with van der Waals surface area (Å²) < 4.78 is 0. The number of nitrogens with one attached hydrogen (secondary N) is 1. The molecule has 0 bridgehead atoms. The molecule has 2 amide bonds. The molecule has 0 unspecified atom stereocenters. The second kappa shape index (κ2) is 6.70. The van der Waals surface area contributed by atoms with E-state index < -0.39 is 11.8 Å². The van der Waals surface area contributed by atoms with Crippen molar-refractivity contribution in [3.05, 3.63) is 75.8 Å². The zero-order valence-corrected chi connectivity index (χ0v) is 14.8. The maximum atomic E-state index is 12.3. The minimum atomic E-state index is -0.454. The number of hydrogen-bond donors (Lipinski definition) is 1. The number of halogens is 1. The predicted molar refractivity (Wildman–Crippen MR) is 101 cm³/mol. The molecule has 1 aliphatic rings. The van der Waals surface area contributed by atoms with Crippen LogP contribution in [0.2, 0.25) is 5.15 Å². The second-order valence-corrected chi connectivity index (χ2v) is 6.77. The van der Waals surface area contributed by atoms with E-state index in [0.717, 1.165) is 10.7 Å². The van der Waals surface area contributed by atoms with Gasteiger partial charge < -0.3 is 5.32 Å². The molecule has 0 saturated carbocycles. The van der Waals surface area contributed by atoms with Crippen LogP contribution in [0.25, 0.3) is 0 Å². The molecule has 128 valence electrons. The molecule has 1 N–H and O–H groups in total. The summed E-state index contributed by atoms with van der Waals surface area (Å²) in [6.45, 7) is 0. The van der Waals surface area contributed by atoms with Crippen LogP contribution in [0.15, 0.2) is 59.7 Å². The Balaban J connectivity index is 1.55. The molecular formula is C18H11ClN4O2S. The van der Waals surface area contributed by atoms with Crippen molar-refractivity contribution in [2.75, 3.05) is 5.32 Å². The van der Waals surface area contributed by atoms with Gasteiger partial charge in [0.05, 0.1) is 22.2 Å². The Bertz CT molecular complexity index is 998. The fraction of sp³-hybridized carbons (Fsp3) is 0. The zero-order valence-electron chi connectivity index (χ0n) is 13.2. The highest BCUT2D eigenvalue weighted by Gasteiger charge is 2.35. The largest absolute Gasteiger partial charge is 0.331 e. The average Bonchev–Trinajstić information content (AvgIpc) is 3.12. The normalized spacial score (nSPS) is 13.5. The number of para-hydroxylation sites is 1. The molecule has 8 heteroatoms. The van der Waals surface area contributed by atoms with E-state index in [1.807, 2.05) is 30.3 Å². The number of aromatic nitrogens is 1. The summed E-state index contributed by atoms with van der Waals surface area (Å²) in [6.07, 6.45) is 1.37. The maximum Gasteiger partial charge on any atom is 0.282 e. The van der Waals surface area contributed by atoms with Crippen molar-refractivity contribution >= 4 is 51.8 Å². The van der Waals surface area contributed by atoms with Crippen molar-refractivity contribution < 1.29 is 9.59 Å². The molecule has 0 atom stereocenters.